The minimum Gasteiger partial charge on any atom is -0.342 e. The van der Waals surface area contributed by atoms with Gasteiger partial charge in [0.1, 0.15) is 23.7 Å². The maximum absolute atomic E-state index is 13.6. The average molecular weight is 439 g/mol. The number of rotatable bonds is 4. The minimum atomic E-state index is -0.475. The maximum Gasteiger partial charge on any atom is 0.237 e. The Bertz CT molecular complexity index is 1260. The molecule has 0 radical (unpaired) electrons. The molecule has 31 heavy (non-hydrogen) atoms. The Labute approximate surface area is 183 Å². The molecule has 1 aliphatic rings. The number of hydrogen-bond donors (Lipinski definition) is 0. The summed E-state index contributed by atoms with van der Waals surface area (Å²) in [7, 11) is 0. The molecule has 158 valence electrons. The van der Waals surface area contributed by atoms with E-state index in [0.717, 1.165) is 23.8 Å². The van der Waals surface area contributed by atoms with Crippen LogP contribution in [-0.4, -0.2) is 40.3 Å². The highest BCUT2D eigenvalue weighted by Crippen LogP contribution is 2.39. The molecule has 0 amide bonds. The van der Waals surface area contributed by atoms with Gasteiger partial charge in [-0.25, -0.2) is 14.4 Å². The molecule has 1 atom stereocenters. The summed E-state index contributed by atoms with van der Waals surface area (Å²) in [6.45, 7) is 6.38. The Kier molecular flexibility index (Phi) is 4.70. The summed E-state index contributed by atoms with van der Waals surface area (Å²) < 4.78 is 17.3. The fourth-order valence-corrected chi connectivity index (χ4v) is 4.24. The molecule has 1 aromatic carbocycles. The molecule has 0 saturated heterocycles. The molecule has 0 bridgehead atoms. The molecule has 0 saturated carbocycles. The summed E-state index contributed by atoms with van der Waals surface area (Å²) in [5, 5.41) is 8.49. The molecule has 1 unspecified atom stereocenters. The molecule has 1 aliphatic heterocycles. The molecule has 0 aliphatic carbocycles. The van der Waals surface area contributed by atoms with Crippen LogP contribution in [-0.2, 0) is 0 Å². The van der Waals surface area contributed by atoms with Crippen LogP contribution in [0.4, 0.5) is 10.2 Å². The predicted molar refractivity (Wildman–Crippen MR) is 115 cm³/mol. The van der Waals surface area contributed by atoms with E-state index in [1.807, 2.05) is 4.57 Å². The van der Waals surface area contributed by atoms with E-state index in [1.54, 1.807) is 41.6 Å². The van der Waals surface area contributed by atoms with Crippen LogP contribution in [0.5, 0.6) is 0 Å². The molecule has 5 rings (SSSR count). The Balaban J connectivity index is 1.66. The van der Waals surface area contributed by atoms with Gasteiger partial charge in [-0.15, -0.1) is 10.2 Å². The molecule has 8 nitrogen and oxygen atoms in total. The highest BCUT2D eigenvalue weighted by molar-refractivity contribution is 6.31. The van der Waals surface area contributed by atoms with Crippen LogP contribution in [0.25, 0.3) is 23.0 Å². The third-order valence-corrected chi connectivity index (χ3v) is 5.72. The van der Waals surface area contributed by atoms with Crippen molar-refractivity contribution in [3.05, 3.63) is 59.8 Å². The van der Waals surface area contributed by atoms with E-state index in [4.69, 9.17) is 16.6 Å². The molecule has 0 fully saturated rings. The van der Waals surface area contributed by atoms with Crippen LogP contribution in [0.2, 0.25) is 5.02 Å². The van der Waals surface area contributed by atoms with Crippen molar-refractivity contribution in [1.29, 1.82) is 0 Å². The summed E-state index contributed by atoms with van der Waals surface area (Å²) in [5.74, 6) is 2.24. The van der Waals surface area contributed by atoms with Gasteiger partial charge in [0.2, 0.25) is 5.95 Å². The monoisotopic (exact) mass is 438 g/mol. The third kappa shape index (κ3) is 3.07. The van der Waals surface area contributed by atoms with Gasteiger partial charge in [-0.1, -0.05) is 18.5 Å². The van der Waals surface area contributed by atoms with E-state index in [1.165, 1.54) is 6.07 Å². The van der Waals surface area contributed by atoms with Gasteiger partial charge in [0.25, 0.3) is 0 Å². The second-order valence-electron chi connectivity index (χ2n) is 7.61. The Morgan fingerprint density at radius 3 is 2.77 bits per heavy atom. The fourth-order valence-electron chi connectivity index (χ4n) is 4.06. The molecular weight excluding hydrogens is 419 g/mol. The zero-order valence-corrected chi connectivity index (χ0v) is 18.0. The summed E-state index contributed by atoms with van der Waals surface area (Å²) in [6.07, 6.45) is 7.76. The smallest absolute Gasteiger partial charge is 0.237 e. The van der Waals surface area contributed by atoms with Gasteiger partial charge < -0.3 is 4.90 Å². The number of anilines is 1. The lowest BCUT2D eigenvalue weighted by atomic mass is 10.1. The molecule has 10 heteroatoms. The van der Waals surface area contributed by atoms with Crippen LogP contribution in [0.1, 0.15) is 39.1 Å². The van der Waals surface area contributed by atoms with E-state index in [0.29, 0.717) is 17.3 Å². The second kappa shape index (κ2) is 7.42. The van der Waals surface area contributed by atoms with Gasteiger partial charge in [0.15, 0.2) is 11.6 Å². The lowest BCUT2D eigenvalue weighted by Crippen LogP contribution is -2.40. The van der Waals surface area contributed by atoms with Gasteiger partial charge in [-0.2, -0.15) is 4.98 Å². The van der Waals surface area contributed by atoms with Crippen molar-refractivity contribution >= 4 is 17.4 Å². The second-order valence-corrected chi connectivity index (χ2v) is 8.02. The first kappa shape index (κ1) is 19.6. The number of halogens is 2. The largest absolute Gasteiger partial charge is 0.342 e. The van der Waals surface area contributed by atoms with E-state index >= 15 is 0 Å². The standard InChI is InChI=1S/C21H20ClFN8/c1-4-16-20-28-26-11-30(20)17-10-25-21(27-19(17)31(16)12(2)3)29-8-7-24-18(29)13-5-6-15(23)14(22)9-13/h5-12,16H,4H2,1-3H3. The molecule has 4 aromatic rings. The Morgan fingerprint density at radius 2 is 2.03 bits per heavy atom. The van der Waals surface area contributed by atoms with Crippen LogP contribution in [0, 0.1) is 5.82 Å². The van der Waals surface area contributed by atoms with Crippen molar-refractivity contribution < 1.29 is 4.39 Å². The Hall–Kier alpha value is -3.33. The minimum absolute atomic E-state index is 0.0373. The van der Waals surface area contributed by atoms with Crippen molar-refractivity contribution in [1.82, 2.24) is 34.3 Å². The molecular formula is C21H20ClFN8. The summed E-state index contributed by atoms with van der Waals surface area (Å²) >= 11 is 5.98. The average Bonchev–Trinajstić information content (AvgIpc) is 3.44. The first-order valence-corrected chi connectivity index (χ1v) is 10.4. The van der Waals surface area contributed by atoms with Crippen molar-refractivity contribution in [3.63, 3.8) is 0 Å². The number of nitrogens with zero attached hydrogens (tertiary/aromatic N) is 8. The SMILES string of the molecule is CCC1c2nncn2-c2cnc(-n3ccnc3-c3ccc(F)c(Cl)c3)nc2N1C(C)C. The van der Waals surface area contributed by atoms with Crippen LogP contribution in [0.15, 0.2) is 43.1 Å². The number of fused-ring (bicyclic) bond motifs is 3. The van der Waals surface area contributed by atoms with Gasteiger partial charge in [-0.3, -0.25) is 9.13 Å². The van der Waals surface area contributed by atoms with Crippen LogP contribution in [0.3, 0.4) is 0 Å². The van der Waals surface area contributed by atoms with Gasteiger partial charge in [-0.05, 0) is 38.5 Å². The molecule has 0 spiro atoms. The highest BCUT2D eigenvalue weighted by Gasteiger charge is 2.35. The first-order chi connectivity index (χ1) is 15.0. The fraction of sp³-hybridized carbons (Fsp3) is 0.286. The topological polar surface area (TPSA) is 77.5 Å². The van der Waals surface area contributed by atoms with Gasteiger partial charge >= 0.3 is 0 Å². The van der Waals surface area contributed by atoms with Crippen molar-refractivity contribution in [2.75, 3.05) is 4.90 Å². The normalized spacial score (nSPS) is 15.3. The first-order valence-electron chi connectivity index (χ1n) is 10.0. The zero-order valence-electron chi connectivity index (χ0n) is 17.2. The quantitative estimate of drug-likeness (QED) is 0.470. The molecule has 0 N–H and O–H groups in total. The van der Waals surface area contributed by atoms with Crippen LogP contribution >= 0.6 is 11.6 Å². The molecule has 4 heterocycles. The van der Waals surface area contributed by atoms with Gasteiger partial charge in [0.05, 0.1) is 17.3 Å². The number of hydrogen-bond acceptors (Lipinski definition) is 6. The van der Waals surface area contributed by atoms with Crippen molar-refractivity contribution in [3.8, 4) is 23.0 Å². The summed E-state index contributed by atoms with van der Waals surface area (Å²) in [5.41, 5.74) is 1.50. The van der Waals surface area contributed by atoms with E-state index in [9.17, 15) is 4.39 Å². The highest BCUT2D eigenvalue weighted by atomic mass is 35.5. The lowest BCUT2D eigenvalue weighted by molar-refractivity contribution is 0.497. The maximum atomic E-state index is 13.6. The molecule has 3 aromatic heterocycles. The van der Waals surface area contributed by atoms with Crippen molar-refractivity contribution in [2.24, 2.45) is 0 Å². The van der Waals surface area contributed by atoms with E-state index < -0.39 is 5.82 Å². The predicted octanol–water partition coefficient (Wildman–Crippen LogP) is 4.38. The summed E-state index contributed by atoms with van der Waals surface area (Å²) in [4.78, 5) is 16.2. The van der Waals surface area contributed by atoms with Gasteiger partial charge in [0, 0.05) is 24.0 Å². The van der Waals surface area contributed by atoms with Crippen LogP contribution < -0.4 is 4.90 Å². The third-order valence-electron chi connectivity index (χ3n) is 5.43. The Morgan fingerprint density at radius 1 is 1.19 bits per heavy atom. The zero-order chi connectivity index (χ0) is 21.7. The lowest BCUT2D eigenvalue weighted by Gasteiger charge is -2.39. The summed E-state index contributed by atoms with van der Waals surface area (Å²) in [6, 6.07) is 4.75. The number of imidazole rings is 1. The van der Waals surface area contributed by atoms with E-state index in [2.05, 4.69) is 45.8 Å². The van der Waals surface area contributed by atoms with Crippen molar-refractivity contribution in [2.45, 2.75) is 39.3 Å². The van der Waals surface area contributed by atoms with E-state index in [-0.39, 0.29) is 17.1 Å². The number of benzene rings is 1. The number of aromatic nitrogens is 7.